The molecule has 3 nitrogen and oxygen atoms in total. The predicted octanol–water partition coefficient (Wildman–Crippen LogP) is 1.58. The Morgan fingerprint density at radius 3 is 2.94 bits per heavy atom. The molecule has 0 saturated carbocycles. The second-order valence-corrected chi connectivity index (χ2v) is 5.19. The van der Waals surface area contributed by atoms with Crippen molar-refractivity contribution in [2.24, 2.45) is 0 Å². The average molecular weight is 226 g/mol. The summed E-state index contributed by atoms with van der Waals surface area (Å²) in [5.74, 6) is 0. The van der Waals surface area contributed by atoms with Crippen LogP contribution in [-0.4, -0.2) is 61.8 Å². The van der Waals surface area contributed by atoms with Crippen molar-refractivity contribution in [3.63, 3.8) is 0 Å². The summed E-state index contributed by atoms with van der Waals surface area (Å²) in [6.45, 7) is 8.38. The van der Waals surface area contributed by atoms with Crippen LogP contribution in [0.5, 0.6) is 0 Å². The van der Waals surface area contributed by atoms with Crippen LogP contribution in [0.1, 0.15) is 32.6 Å². The van der Waals surface area contributed by atoms with Gasteiger partial charge in [-0.3, -0.25) is 9.80 Å². The van der Waals surface area contributed by atoms with Crippen LogP contribution in [0.3, 0.4) is 0 Å². The molecule has 2 aliphatic rings. The third-order valence-corrected chi connectivity index (χ3v) is 4.17. The zero-order valence-electron chi connectivity index (χ0n) is 10.8. The van der Waals surface area contributed by atoms with Crippen LogP contribution in [0.2, 0.25) is 0 Å². The zero-order chi connectivity index (χ0) is 11.4. The summed E-state index contributed by atoms with van der Waals surface area (Å²) in [6.07, 6.45) is 5.29. The van der Waals surface area contributed by atoms with Gasteiger partial charge < -0.3 is 4.74 Å². The second kappa shape index (κ2) is 5.99. The SMILES string of the molecule is CCC1CN2CCCC2CN1CCCOC. The number of fused-ring (bicyclic) bond motifs is 1. The molecule has 2 aliphatic heterocycles. The highest BCUT2D eigenvalue weighted by atomic mass is 16.5. The van der Waals surface area contributed by atoms with Gasteiger partial charge in [0.05, 0.1) is 0 Å². The smallest absolute Gasteiger partial charge is 0.0474 e. The standard InChI is InChI=1S/C13H26N2O/c1-3-12-10-15-7-4-6-13(15)11-14(12)8-5-9-16-2/h12-13H,3-11H2,1-2H3. The monoisotopic (exact) mass is 226 g/mol. The Labute approximate surface area is 99.7 Å². The molecule has 0 aromatic heterocycles. The maximum atomic E-state index is 5.15. The molecule has 0 aliphatic carbocycles. The van der Waals surface area contributed by atoms with E-state index in [9.17, 15) is 0 Å². The molecule has 2 heterocycles. The minimum Gasteiger partial charge on any atom is -0.385 e. The molecule has 0 spiro atoms. The predicted molar refractivity (Wildman–Crippen MR) is 66.7 cm³/mol. The molecule has 0 bridgehead atoms. The average Bonchev–Trinajstić information content (AvgIpc) is 2.75. The Balaban J connectivity index is 1.84. The Bertz CT molecular complexity index is 210. The quantitative estimate of drug-likeness (QED) is 0.662. The van der Waals surface area contributed by atoms with Gasteiger partial charge in [-0.05, 0) is 32.2 Å². The van der Waals surface area contributed by atoms with Crippen LogP contribution >= 0.6 is 0 Å². The fourth-order valence-corrected chi connectivity index (χ4v) is 3.22. The van der Waals surface area contributed by atoms with Crippen molar-refractivity contribution in [1.29, 1.82) is 0 Å². The molecule has 3 heteroatoms. The number of hydrogen-bond donors (Lipinski definition) is 0. The molecule has 0 aromatic rings. The van der Waals surface area contributed by atoms with Crippen molar-refractivity contribution in [1.82, 2.24) is 9.80 Å². The van der Waals surface area contributed by atoms with E-state index >= 15 is 0 Å². The van der Waals surface area contributed by atoms with Crippen LogP contribution in [0, 0.1) is 0 Å². The van der Waals surface area contributed by atoms with Gasteiger partial charge in [-0.1, -0.05) is 6.92 Å². The van der Waals surface area contributed by atoms with Crippen LogP contribution in [0.4, 0.5) is 0 Å². The Morgan fingerprint density at radius 1 is 1.31 bits per heavy atom. The first-order valence-electron chi connectivity index (χ1n) is 6.82. The molecule has 2 saturated heterocycles. The largest absolute Gasteiger partial charge is 0.385 e. The first-order chi connectivity index (χ1) is 7.85. The third-order valence-electron chi connectivity index (χ3n) is 4.17. The van der Waals surface area contributed by atoms with Crippen LogP contribution in [0.15, 0.2) is 0 Å². The summed E-state index contributed by atoms with van der Waals surface area (Å²) in [5.41, 5.74) is 0. The van der Waals surface area contributed by atoms with Gasteiger partial charge in [-0.25, -0.2) is 0 Å². The van der Waals surface area contributed by atoms with Gasteiger partial charge in [0, 0.05) is 45.4 Å². The molecule has 2 rings (SSSR count). The van der Waals surface area contributed by atoms with Crippen LogP contribution in [-0.2, 0) is 4.74 Å². The van der Waals surface area contributed by atoms with E-state index in [0.717, 1.165) is 18.7 Å². The van der Waals surface area contributed by atoms with Gasteiger partial charge >= 0.3 is 0 Å². The lowest BCUT2D eigenvalue weighted by Gasteiger charge is -2.43. The van der Waals surface area contributed by atoms with Crippen molar-refractivity contribution in [3.05, 3.63) is 0 Å². The topological polar surface area (TPSA) is 15.7 Å². The molecule has 2 fully saturated rings. The minimum absolute atomic E-state index is 0.784. The van der Waals surface area contributed by atoms with E-state index in [2.05, 4.69) is 16.7 Å². The fourth-order valence-electron chi connectivity index (χ4n) is 3.22. The van der Waals surface area contributed by atoms with Crippen molar-refractivity contribution in [3.8, 4) is 0 Å². The normalized spacial score (nSPS) is 31.9. The molecular weight excluding hydrogens is 200 g/mol. The Kier molecular flexibility index (Phi) is 4.62. The van der Waals surface area contributed by atoms with Gasteiger partial charge in [0.1, 0.15) is 0 Å². The van der Waals surface area contributed by atoms with E-state index in [1.165, 1.54) is 51.9 Å². The van der Waals surface area contributed by atoms with Crippen LogP contribution in [0.25, 0.3) is 0 Å². The summed E-state index contributed by atoms with van der Waals surface area (Å²) in [7, 11) is 1.80. The first kappa shape index (κ1) is 12.3. The summed E-state index contributed by atoms with van der Waals surface area (Å²) < 4.78 is 5.15. The highest BCUT2D eigenvalue weighted by molar-refractivity contribution is 4.91. The number of piperazine rings is 1. The van der Waals surface area contributed by atoms with E-state index in [-0.39, 0.29) is 0 Å². The summed E-state index contributed by atoms with van der Waals surface area (Å²) in [5, 5.41) is 0. The lowest BCUT2D eigenvalue weighted by atomic mass is 10.0. The van der Waals surface area contributed by atoms with Gasteiger partial charge in [-0.2, -0.15) is 0 Å². The Hall–Kier alpha value is -0.120. The third kappa shape index (κ3) is 2.76. The lowest BCUT2D eigenvalue weighted by molar-refractivity contribution is 0.0430. The van der Waals surface area contributed by atoms with E-state index in [1.807, 2.05) is 0 Å². The van der Waals surface area contributed by atoms with Gasteiger partial charge in [-0.15, -0.1) is 0 Å². The first-order valence-corrected chi connectivity index (χ1v) is 6.82. The number of nitrogens with zero attached hydrogens (tertiary/aromatic N) is 2. The van der Waals surface area contributed by atoms with Crippen molar-refractivity contribution in [2.75, 3.05) is 39.9 Å². The van der Waals surface area contributed by atoms with Crippen LogP contribution < -0.4 is 0 Å². The summed E-state index contributed by atoms with van der Waals surface area (Å²) >= 11 is 0. The summed E-state index contributed by atoms with van der Waals surface area (Å²) in [4.78, 5) is 5.41. The molecule has 16 heavy (non-hydrogen) atoms. The van der Waals surface area contributed by atoms with E-state index in [1.54, 1.807) is 7.11 Å². The van der Waals surface area contributed by atoms with Crippen molar-refractivity contribution >= 4 is 0 Å². The van der Waals surface area contributed by atoms with E-state index in [0.29, 0.717) is 0 Å². The van der Waals surface area contributed by atoms with Gasteiger partial charge in [0.2, 0.25) is 0 Å². The van der Waals surface area contributed by atoms with Crippen molar-refractivity contribution < 1.29 is 4.74 Å². The number of rotatable bonds is 5. The second-order valence-electron chi connectivity index (χ2n) is 5.19. The van der Waals surface area contributed by atoms with E-state index < -0.39 is 0 Å². The molecule has 0 radical (unpaired) electrons. The van der Waals surface area contributed by atoms with Gasteiger partial charge in [0.15, 0.2) is 0 Å². The summed E-state index contributed by atoms with van der Waals surface area (Å²) in [6, 6.07) is 1.64. The highest BCUT2D eigenvalue weighted by Gasteiger charge is 2.34. The fraction of sp³-hybridized carbons (Fsp3) is 1.00. The molecular formula is C13H26N2O. The molecule has 2 unspecified atom stereocenters. The Morgan fingerprint density at radius 2 is 2.19 bits per heavy atom. The zero-order valence-corrected chi connectivity index (χ0v) is 10.8. The molecule has 0 amide bonds. The van der Waals surface area contributed by atoms with Gasteiger partial charge in [0.25, 0.3) is 0 Å². The van der Waals surface area contributed by atoms with E-state index in [4.69, 9.17) is 4.74 Å². The lowest BCUT2D eigenvalue weighted by Crippen LogP contribution is -2.55. The minimum atomic E-state index is 0.784. The molecule has 0 aromatic carbocycles. The number of hydrogen-bond acceptors (Lipinski definition) is 3. The molecule has 2 atom stereocenters. The number of ether oxygens (including phenoxy) is 1. The molecule has 0 N–H and O–H groups in total. The molecule has 94 valence electrons. The van der Waals surface area contributed by atoms with Crippen molar-refractivity contribution in [2.45, 2.75) is 44.7 Å². The number of methoxy groups -OCH3 is 1. The maximum Gasteiger partial charge on any atom is 0.0474 e. The highest BCUT2D eigenvalue weighted by Crippen LogP contribution is 2.25. The maximum absolute atomic E-state index is 5.15.